The lowest BCUT2D eigenvalue weighted by atomic mass is 9.82. The number of ether oxygens (including phenoxy) is 1. The molecule has 0 bridgehead atoms. The number of aliphatic hydroxyl groups excluding tert-OH is 1. The monoisotopic (exact) mass is 627 g/mol. The molecule has 0 radical (unpaired) electrons. The maximum Gasteiger partial charge on any atom is 0.251 e. The number of likely N-dealkylation sites (tertiary alicyclic amines) is 1. The van der Waals surface area contributed by atoms with E-state index in [2.05, 4.69) is 27.5 Å². The zero-order chi connectivity index (χ0) is 31.1. The maximum atomic E-state index is 13.0. The Balaban J connectivity index is 1.42. The van der Waals surface area contributed by atoms with Crippen LogP contribution in [-0.2, 0) is 21.1 Å². The van der Waals surface area contributed by atoms with Crippen LogP contribution in [0.2, 0.25) is 5.02 Å². The first kappa shape index (κ1) is 31.0. The third-order valence-corrected chi connectivity index (χ3v) is 10.6. The molecule has 0 unspecified atom stereocenters. The highest BCUT2D eigenvalue weighted by molar-refractivity contribution is 7.92. The third kappa shape index (κ3) is 6.30. The number of carbonyl (C=O) groups is 1. The summed E-state index contributed by atoms with van der Waals surface area (Å²) in [6, 6.07) is 8.70. The number of piperidine rings is 1. The number of hydrogen-bond acceptors (Lipinski definition) is 9. The average Bonchev–Trinajstić information content (AvgIpc) is 3.36. The predicted molar refractivity (Wildman–Crippen MR) is 168 cm³/mol. The van der Waals surface area contributed by atoms with Gasteiger partial charge in [0.1, 0.15) is 23.0 Å². The molecule has 3 heterocycles. The third-order valence-electron chi connectivity index (χ3n) is 8.07. The molecule has 1 fully saturated rings. The lowest BCUT2D eigenvalue weighted by Gasteiger charge is -2.34. The van der Waals surface area contributed by atoms with Crippen molar-refractivity contribution < 1.29 is 23.1 Å². The predicted octanol–water partition coefficient (Wildman–Crippen LogP) is 5.52. The molecule has 1 saturated heterocycles. The molecule has 0 aliphatic carbocycles. The molecule has 1 amide bonds. The Morgan fingerprint density at radius 1 is 1.14 bits per heavy atom. The number of anilines is 4. The van der Waals surface area contributed by atoms with Gasteiger partial charge in [0, 0.05) is 25.1 Å². The second-order valence-corrected chi connectivity index (χ2v) is 14.5. The number of para-hydroxylation sites is 1. The van der Waals surface area contributed by atoms with Crippen LogP contribution in [0.1, 0.15) is 63.1 Å². The number of hydrogen-bond donors (Lipinski definition) is 3. The van der Waals surface area contributed by atoms with Crippen molar-refractivity contribution in [3.05, 3.63) is 58.2 Å². The molecule has 230 valence electrons. The Labute approximate surface area is 257 Å². The molecule has 3 N–H and O–H groups in total. The Kier molecular flexibility index (Phi) is 8.87. The minimum atomic E-state index is -3.55. The topological polar surface area (TPSA) is 134 Å². The van der Waals surface area contributed by atoms with Crippen LogP contribution in [-0.4, -0.2) is 64.8 Å². The molecule has 2 aliphatic rings. The van der Waals surface area contributed by atoms with Gasteiger partial charge in [0.05, 0.1) is 27.7 Å². The van der Waals surface area contributed by atoms with E-state index in [0.717, 1.165) is 41.8 Å². The van der Waals surface area contributed by atoms with Gasteiger partial charge in [0.2, 0.25) is 5.95 Å². The number of nitrogens with zero attached hydrogens (tertiary/aromatic N) is 3. The van der Waals surface area contributed by atoms with Crippen LogP contribution in [0.5, 0.6) is 5.75 Å². The van der Waals surface area contributed by atoms with Crippen LogP contribution < -0.4 is 15.4 Å². The zero-order valence-corrected chi connectivity index (χ0v) is 26.6. The molecule has 10 nitrogen and oxygen atoms in total. The molecule has 2 aliphatic heterocycles. The Hall–Kier alpha value is -3.41. The van der Waals surface area contributed by atoms with Gasteiger partial charge in [-0.05, 0) is 82.7 Å². The van der Waals surface area contributed by atoms with E-state index in [-0.39, 0.29) is 39.6 Å². The first-order chi connectivity index (χ1) is 20.4. The summed E-state index contributed by atoms with van der Waals surface area (Å²) in [6.07, 6.45) is 2.87. The number of sulfone groups is 1. The number of rotatable bonds is 8. The summed E-state index contributed by atoms with van der Waals surface area (Å²) in [7, 11) is -3.55. The Bertz CT molecular complexity index is 1640. The van der Waals surface area contributed by atoms with Crippen LogP contribution in [0.3, 0.4) is 0 Å². The number of nitrogens with one attached hydrogen (secondary N) is 2. The molecule has 2 aromatic carbocycles. The first-order valence-electron chi connectivity index (χ1n) is 14.6. The van der Waals surface area contributed by atoms with Crippen LogP contribution in [0, 0.1) is 6.92 Å². The maximum absolute atomic E-state index is 13.0. The summed E-state index contributed by atoms with van der Waals surface area (Å²) < 4.78 is 32.2. The average molecular weight is 628 g/mol. The normalized spacial score (nSPS) is 17.9. The van der Waals surface area contributed by atoms with Crippen LogP contribution in [0.4, 0.5) is 23.1 Å². The first-order valence-corrected chi connectivity index (χ1v) is 16.5. The molecular weight excluding hydrogens is 590 g/mol. The minimum absolute atomic E-state index is 0.00391. The van der Waals surface area contributed by atoms with Crippen molar-refractivity contribution in [1.29, 1.82) is 0 Å². The van der Waals surface area contributed by atoms with E-state index in [9.17, 15) is 18.3 Å². The van der Waals surface area contributed by atoms with Gasteiger partial charge in [-0.1, -0.05) is 23.7 Å². The Morgan fingerprint density at radius 3 is 2.51 bits per heavy atom. The highest BCUT2D eigenvalue weighted by Crippen LogP contribution is 2.46. The minimum Gasteiger partial charge on any atom is -0.488 e. The molecule has 0 saturated carbocycles. The van der Waals surface area contributed by atoms with E-state index in [1.165, 1.54) is 18.7 Å². The number of amides is 1. The lowest BCUT2D eigenvalue weighted by Crippen LogP contribution is -2.42. The van der Waals surface area contributed by atoms with Crippen molar-refractivity contribution in [3.8, 4) is 5.75 Å². The molecule has 12 heteroatoms. The van der Waals surface area contributed by atoms with Gasteiger partial charge >= 0.3 is 0 Å². The molecule has 0 spiro atoms. The number of fused-ring (bicyclic) bond motifs is 1. The van der Waals surface area contributed by atoms with Gasteiger partial charge in [0.25, 0.3) is 5.91 Å². The fourth-order valence-corrected chi connectivity index (χ4v) is 7.24. The summed E-state index contributed by atoms with van der Waals surface area (Å²) in [5.74, 6) is 1.36. The largest absolute Gasteiger partial charge is 0.488 e. The van der Waals surface area contributed by atoms with Gasteiger partial charge in [-0.3, -0.25) is 4.79 Å². The van der Waals surface area contributed by atoms with Gasteiger partial charge in [0.15, 0.2) is 15.7 Å². The molecule has 43 heavy (non-hydrogen) atoms. The van der Waals surface area contributed by atoms with Gasteiger partial charge in [-0.25, -0.2) is 13.4 Å². The smallest absolute Gasteiger partial charge is 0.251 e. The van der Waals surface area contributed by atoms with Gasteiger partial charge < -0.3 is 25.4 Å². The summed E-state index contributed by atoms with van der Waals surface area (Å²) in [5, 5.41) is 15.8. The van der Waals surface area contributed by atoms with Crippen molar-refractivity contribution >= 4 is 50.5 Å². The number of aryl methyl sites for hydroxylation is 1. The van der Waals surface area contributed by atoms with Crippen molar-refractivity contribution in [1.82, 2.24) is 14.9 Å². The van der Waals surface area contributed by atoms with E-state index >= 15 is 0 Å². The molecule has 2 atom stereocenters. The number of aliphatic hydroxyl groups is 1. The molecule has 5 rings (SSSR count). The summed E-state index contributed by atoms with van der Waals surface area (Å²) in [6.45, 7) is 10.1. The second kappa shape index (κ2) is 12.3. The number of benzene rings is 2. The van der Waals surface area contributed by atoms with Crippen LogP contribution >= 0.6 is 11.6 Å². The lowest BCUT2D eigenvalue weighted by molar-refractivity contribution is -0.140. The summed E-state index contributed by atoms with van der Waals surface area (Å²) in [5.41, 5.74) is 4.63. The van der Waals surface area contributed by atoms with E-state index < -0.39 is 21.2 Å². The van der Waals surface area contributed by atoms with E-state index in [4.69, 9.17) is 16.3 Å². The van der Waals surface area contributed by atoms with Crippen molar-refractivity contribution in [2.75, 3.05) is 23.7 Å². The van der Waals surface area contributed by atoms with Gasteiger partial charge in [-0.2, -0.15) is 4.98 Å². The van der Waals surface area contributed by atoms with E-state index in [0.29, 0.717) is 18.8 Å². The van der Waals surface area contributed by atoms with E-state index in [1.54, 1.807) is 43.0 Å². The quantitative estimate of drug-likeness (QED) is 0.295. The van der Waals surface area contributed by atoms with Crippen LogP contribution in [0.15, 0.2) is 41.4 Å². The number of carbonyl (C=O) groups excluding carboxylic acids is 1. The van der Waals surface area contributed by atoms with Crippen molar-refractivity contribution in [2.45, 2.75) is 82.2 Å². The van der Waals surface area contributed by atoms with Crippen molar-refractivity contribution in [3.63, 3.8) is 0 Å². The molecule has 3 aromatic rings. The number of halogens is 1. The fourth-order valence-electron chi connectivity index (χ4n) is 5.90. The molecule has 1 aromatic heterocycles. The standard InChI is InChI=1S/C31H38ClN5O5S/c1-17(2)43(40,41)26-9-7-6-8-24(26)34-29-23(32)16-33-31(36-29)35-25-14-18(3)27(22-15-19(4)42-28(22)25)21-10-12-37(13-11-21)30(39)20(5)38/h6-9,14,16-17,19-21,38H,10-13,15H2,1-5H3,(H2,33,34,35,36)/t19-,20+/m1/s1. The molecular formula is C31H38ClN5O5S. The summed E-state index contributed by atoms with van der Waals surface area (Å²) >= 11 is 6.44. The Morgan fingerprint density at radius 2 is 1.84 bits per heavy atom. The number of aromatic nitrogens is 2. The van der Waals surface area contributed by atoms with Crippen molar-refractivity contribution in [2.24, 2.45) is 0 Å². The fraction of sp³-hybridized carbons (Fsp3) is 0.452. The highest BCUT2D eigenvalue weighted by Gasteiger charge is 2.33. The second-order valence-electron chi connectivity index (χ2n) is 11.6. The van der Waals surface area contributed by atoms with E-state index in [1.807, 2.05) is 13.0 Å². The summed E-state index contributed by atoms with van der Waals surface area (Å²) in [4.78, 5) is 23.2. The highest BCUT2D eigenvalue weighted by atomic mass is 35.5. The van der Waals surface area contributed by atoms with Crippen LogP contribution in [0.25, 0.3) is 0 Å². The zero-order valence-electron chi connectivity index (χ0n) is 25.0. The van der Waals surface area contributed by atoms with Gasteiger partial charge in [-0.15, -0.1) is 0 Å². The SMILES string of the molecule is Cc1cc(Nc2ncc(Cl)c(Nc3ccccc3S(=O)(=O)C(C)C)n2)c2c(c1C1CCN(C(=O)[C@H](C)O)CC1)C[C@@H](C)O2.